The molecule has 2 heterocycles. The van der Waals surface area contributed by atoms with E-state index in [1.165, 1.54) is 0 Å². The van der Waals surface area contributed by atoms with Crippen LogP contribution in [-0.2, 0) is 4.74 Å². The second-order valence-corrected chi connectivity index (χ2v) is 4.97. The molecule has 1 aliphatic rings. The van der Waals surface area contributed by atoms with Crippen LogP contribution in [0, 0.1) is 0 Å². The number of rotatable bonds is 4. The van der Waals surface area contributed by atoms with Crippen molar-refractivity contribution >= 4 is 11.6 Å². The first-order valence-corrected chi connectivity index (χ1v) is 6.98. The lowest BCUT2D eigenvalue weighted by Crippen LogP contribution is -2.49. The van der Waals surface area contributed by atoms with Gasteiger partial charge in [0.25, 0.3) is 5.91 Å². The zero-order valence-electron chi connectivity index (χ0n) is 12.0. The van der Waals surface area contributed by atoms with Gasteiger partial charge in [0, 0.05) is 37.6 Å². The molecule has 110 valence electrons. The maximum atomic E-state index is 11.8. The summed E-state index contributed by atoms with van der Waals surface area (Å²) in [5.74, 6) is -0.147. The van der Waals surface area contributed by atoms with Crippen molar-refractivity contribution in [2.45, 2.75) is 26.0 Å². The normalized spacial score (nSPS) is 20.6. The lowest BCUT2D eigenvalue weighted by molar-refractivity contribution is 0.0276. The van der Waals surface area contributed by atoms with Gasteiger partial charge in [-0.1, -0.05) is 0 Å². The van der Waals surface area contributed by atoms with E-state index in [0.29, 0.717) is 18.8 Å². The van der Waals surface area contributed by atoms with E-state index in [1.807, 2.05) is 26.0 Å². The average Bonchev–Trinajstić information content (AvgIpc) is 2.48. The third-order valence-corrected chi connectivity index (χ3v) is 3.36. The molecule has 1 aromatic rings. The second-order valence-electron chi connectivity index (χ2n) is 4.97. The predicted molar refractivity (Wildman–Crippen MR) is 77.8 cm³/mol. The SMILES string of the molecule is CCNC(=O)c1cc(N2CCOC(C(C)N)C2)ccn1. The highest BCUT2D eigenvalue weighted by Crippen LogP contribution is 2.19. The summed E-state index contributed by atoms with van der Waals surface area (Å²) in [7, 11) is 0. The molecule has 1 aliphatic heterocycles. The Morgan fingerprint density at radius 3 is 3.20 bits per heavy atom. The summed E-state index contributed by atoms with van der Waals surface area (Å²) in [5, 5.41) is 2.75. The van der Waals surface area contributed by atoms with E-state index in [1.54, 1.807) is 6.20 Å². The van der Waals surface area contributed by atoms with Gasteiger partial charge in [-0.05, 0) is 26.0 Å². The van der Waals surface area contributed by atoms with Crippen molar-refractivity contribution in [3.8, 4) is 0 Å². The first-order valence-electron chi connectivity index (χ1n) is 6.98. The molecule has 0 saturated carbocycles. The lowest BCUT2D eigenvalue weighted by atomic mass is 10.1. The molecule has 2 rings (SSSR count). The molecule has 1 aromatic heterocycles. The molecule has 2 unspecified atom stereocenters. The minimum atomic E-state index is -0.147. The van der Waals surface area contributed by atoms with E-state index in [4.69, 9.17) is 10.5 Å². The number of carbonyl (C=O) groups is 1. The molecule has 0 aliphatic carbocycles. The zero-order valence-corrected chi connectivity index (χ0v) is 12.0. The molecule has 20 heavy (non-hydrogen) atoms. The van der Waals surface area contributed by atoms with Crippen molar-refractivity contribution in [1.29, 1.82) is 0 Å². The van der Waals surface area contributed by atoms with Crippen molar-refractivity contribution in [3.05, 3.63) is 24.0 Å². The first-order chi connectivity index (χ1) is 9.61. The summed E-state index contributed by atoms with van der Waals surface area (Å²) < 4.78 is 5.65. The molecule has 0 aromatic carbocycles. The van der Waals surface area contributed by atoms with Crippen molar-refractivity contribution in [2.24, 2.45) is 5.73 Å². The topological polar surface area (TPSA) is 80.5 Å². The number of aromatic nitrogens is 1. The van der Waals surface area contributed by atoms with Crippen molar-refractivity contribution in [3.63, 3.8) is 0 Å². The predicted octanol–water partition coefficient (Wildman–Crippen LogP) is 0.384. The summed E-state index contributed by atoms with van der Waals surface area (Å²) in [4.78, 5) is 18.1. The van der Waals surface area contributed by atoms with E-state index in [0.717, 1.165) is 18.8 Å². The largest absolute Gasteiger partial charge is 0.373 e. The van der Waals surface area contributed by atoms with Gasteiger partial charge in [-0.25, -0.2) is 0 Å². The quantitative estimate of drug-likeness (QED) is 0.832. The van der Waals surface area contributed by atoms with Crippen LogP contribution in [0.15, 0.2) is 18.3 Å². The fraction of sp³-hybridized carbons (Fsp3) is 0.571. The van der Waals surface area contributed by atoms with Crippen LogP contribution < -0.4 is 16.0 Å². The van der Waals surface area contributed by atoms with Gasteiger partial charge in [-0.15, -0.1) is 0 Å². The van der Waals surface area contributed by atoms with Crippen molar-refractivity contribution in [2.75, 3.05) is 31.1 Å². The number of hydrogen-bond acceptors (Lipinski definition) is 5. The molecule has 3 N–H and O–H groups in total. The Morgan fingerprint density at radius 1 is 1.70 bits per heavy atom. The zero-order chi connectivity index (χ0) is 14.5. The molecule has 1 saturated heterocycles. The first kappa shape index (κ1) is 14.7. The van der Waals surface area contributed by atoms with Gasteiger partial charge in [0.15, 0.2) is 0 Å². The van der Waals surface area contributed by atoms with E-state index in [-0.39, 0.29) is 18.1 Å². The molecule has 0 radical (unpaired) electrons. The number of nitrogens with one attached hydrogen (secondary N) is 1. The van der Waals surface area contributed by atoms with E-state index in [9.17, 15) is 4.79 Å². The van der Waals surface area contributed by atoms with Crippen LogP contribution in [0.2, 0.25) is 0 Å². The van der Waals surface area contributed by atoms with Crippen molar-refractivity contribution < 1.29 is 9.53 Å². The third kappa shape index (κ3) is 3.46. The molecule has 2 atom stereocenters. The highest BCUT2D eigenvalue weighted by Gasteiger charge is 2.24. The molecule has 6 nitrogen and oxygen atoms in total. The number of hydrogen-bond donors (Lipinski definition) is 2. The fourth-order valence-corrected chi connectivity index (χ4v) is 2.22. The highest BCUT2D eigenvalue weighted by molar-refractivity contribution is 5.93. The molecule has 0 spiro atoms. The monoisotopic (exact) mass is 278 g/mol. The Morgan fingerprint density at radius 2 is 2.50 bits per heavy atom. The smallest absolute Gasteiger partial charge is 0.269 e. The van der Waals surface area contributed by atoms with Gasteiger partial charge in [0.05, 0.1) is 12.7 Å². The van der Waals surface area contributed by atoms with Gasteiger partial charge < -0.3 is 20.7 Å². The van der Waals surface area contributed by atoms with Gasteiger partial charge >= 0.3 is 0 Å². The Balaban J connectivity index is 2.12. The minimum absolute atomic E-state index is 0.0116. The molecule has 6 heteroatoms. The summed E-state index contributed by atoms with van der Waals surface area (Å²) >= 11 is 0. The Bertz CT molecular complexity index is 464. The van der Waals surface area contributed by atoms with Crippen molar-refractivity contribution in [1.82, 2.24) is 10.3 Å². The Kier molecular flexibility index (Phi) is 4.92. The molecule has 1 amide bonds. The van der Waals surface area contributed by atoms with Crippen LogP contribution >= 0.6 is 0 Å². The van der Waals surface area contributed by atoms with Crippen LogP contribution in [-0.4, -0.2) is 49.3 Å². The maximum absolute atomic E-state index is 11.8. The highest BCUT2D eigenvalue weighted by atomic mass is 16.5. The number of nitrogens with two attached hydrogens (primary N) is 1. The molecular formula is C14H22N4O2. The van der Waals surface area contributed by atoms with Crippen LogP contribution in [0.3, 0.4) is 0 Å². The average molecular weight is 278 g/mol. The van der Waals surface area contributed by atoms with Crippen LogP contribution in [0.5, 0.6) is 0 Å². The minimum Gasteiger partial charge on any atom is -0.373 e. The Labute approximate surface area is 119 Å². The molecule has 0 bridgehead atoms. The number of pyridine rings is 1. The number of anilines is 1. The summed E-state index contributed by atoms with van der Waals surface area (Å²) in [6, 6.07) is 3.71. The lowest BCUT2D eigenvalue weighted by Gasteiger charge is -2.36. The van der Waals surface area contributed by atoms with E-state index in [2.05, 4.69) is 15.2 Å². The number of morpholine rings is 1. The number of carbonyl (C=O) groups excluding carboxylic acids is 1. The molecular weight excluding hydrogens is 256 g/mol. The number of nitrogens with zero attached hydrogens (tertiary/aromatic N) is 2. The number of amides is 1. The van der Waals surface area contributed by atoms with E-state index >= 15 is 0 Å². The summed E-state index contributed by atoms with van der Waals surface area (Å²) in [6.45, 7) is 6.59. The van der Waals surface area contributed by atoms with Crippen LogP contribution in [0.25, 0.3) is 0 Å². The van der Waals surface area contributed by atoms with E-state index < -0.39 is 0 Å². The van der Waals surface area contributed by atoms with Crippen LogP contribution in [0.4, 0.5) is 5.69 Å². The molecule has 1 fully saturated rings. The maximum Gasteiger partial charge on any atom is 0.269 e. The van der Waals surface area contributed by atoms with Gasteiger partial charge in [0.2, 0.25) is 0 Å². The number of ether oxygens (including phenoxy) is 1. The fourth-order valence-electron chi connectivity index (χ4n) is 2.22. The van der Waals surface area contributed by atoms with Crippen LogP contribution in [0.1, 0.15) is 24.3 Å². The van der Waals surface area contributed by atoms with Gasteiger partial charge in [0.1, 0.15) is 5.69 Å². The summed E-state index contributed by atoms with van der Waals surface area (Å²) in [6.07, 6.45) is 1.68. The Hall–Kier alpha value is -1.66. The standard InChI is InChI=1S/C14H22N4O2/c1-3-16-14(19)12-8-11(4-5-17-12)18-6-7-20-13(9-18)10(2)15/h4-5,8,10,13H,3,6-7,9,15H2,1-2H3,(H,16,19). The van der Waals surface area contributed by atoms with Gasteiger partial charge in [-0.2, -0.15) is 0 Å². The second kappa shape index (κ2) is 6.67. The third-order valence-electron chi connectivity index (χ3n) is 3.36. The summed E-state index contributed by atoms with van der Waals surface area (Å²) in [5.41, 5.74) is 7.32. The van der Waals surface area contributed by atoms with Gasteiger partial charge in [-0.3, -0.25) is 9.78 Å².